The molecule has 1 aliphatic carbocycles. The molecule has 1 aliphatic rings. The normalized spacial score (nSPS) is 12.8. The van der Waals surface area contributed by atoms with Gasteiger partial charge in [-0.1, -0.05) is 91.0 Å². The standard InChI is InChI=1S/C36H36N2O6/c1-36(2,3)44-35(41)38-32(33(39)42-22-25-11-5-4-6-12-25)21-24-17-19-26(20-18-24)37-34(40)43-23-31-29-15-9-7-13-27(29)28-14-8-10-16-30(28)31/h4-20,31-32H,21-23H2,1-3H3,(H,37,40)(H,38,41). The summed E-state index contributed by atoms with van der Waals surface area (Å²) in [6.07, 6.45) is -1.11. The zero-order chi connectivity index (χ0) is 31.1. The van der Waals surface area contributed by atoms with Crippen molar-refractivity contribution in [2.24, 2.45) is 0 Å². The van der Waals surface area contributed by atoms with Gasteiger partial charge in [-0.15, -0.1) is 0 Å². The van der Waals surface area contributed by atoms with Gasteiger partial charge in [-0.05, 0) is 66.3 Å². The molecule has 1 unspecified atom stereocenters. The molecule has 0 saturated carbocycles. The van der Waals surface area contributed by atoms with Gasteiger partial charge in [-0.2, -0.15) is 0 Å². The molecular weight excluding hydrogens is 556 g/mol. The van der Waals surface area contributed by atoms with E-state index in [2.05, 4.69) is 34.9 Å². The Bertz CT molecular complexity index is 1570. The lowest BCUT2D eigenvalue weighted by Gasteiger charge is -2.23. The number of alkyl carbamates (subject to hydrolysis) is 1. The van der Waals surface area contributed by atoms with Crippen molar-refractivity contribution in [1.29, 1.82) is 0 Å². The fraction of sp³-hybridized carbons (Fsp3) is 0.250. The largest absolute Gasteiger partial charge is 0.459 e. The van der Waals surface area contributed by atoms with Gasteiger partial charge in [-0.3, -0.25) is 5.32 Å². The van der Waals surface area contributed by atoms with Crippen LogP contribution in [-0.4, -0.2) is 36.4 Å². The molecule has 0 bridgehead atoms. The minimum atomic E-state index is -0.977. The van der Waals surface area contributed by atoms with Crippen LogP contribution >= 0.6 is 0 Å². The van der Waals surface area contributed by atoms with Gasteiger partial charge in [0.1, 0.15) is 24.9 Å². The van der Waals surface area contributed by atoms with Crippen LogP contribution in [0.5, 0.6) is 0 Å². The summed E-state index contributed by atoms with van der Waals surface area (Å²) in [5.41, 5.74) is 6.00. The molecule has 1 atom stereocenters. The molecule has 2 amide bonds. The summed E-state index contributed by atoms with van der Waals surface area (Å²) in [6, 6.07) is 31.6. The number of hydrogen-bond acceptors (Lipinski definition) is 6. The topological polar surface area (TPSA) is 103 Å². The number of esters is 1. The molecule has 226 valence electrons. The number of carbonyl (C=O) groups excluding carboxylic acids is 3. The average Bonchev–Trinajstić information content (AvgIpc) is 3.32. The molecule has 0 radical (unpaired) electrons. The van der Waals surface area contributed by atoms with E-state index in [1.165, 1.54) is 0 Å². The average molecular weight is 593 g/mol. The number of anilines is 1. The second kappa shape index (κ2) is 13.5. The van der Waals surface area contributed by atoms with Gasteiger partial charge in [0.05, 0.1) is 0 Å². The van der Waals surface area contributed by atoms with E-state index < -0.39 is 29.8 Å². The Morgan fingerprint density at radius 3 is 1.91 bits per heavy atom. The summed E-state index contributed by atoms with van der Waals surface area (Å²) in [5, 5.41) is 5.41. The van der Waals surface area contributed by atoms with Crippen LogP contribution in [0, 0.1) is 0 Å². The number of nitrogens with one attached hydrogen (secondary N) is 2. The molecule has 0 heterocycles. The second-order valence-electron chi connectivity index (χ2n) is 11.6. The number of carbonyl (C=O) groups is 3. The molecular formula is C36H36N2O6. The van der Waals surface area contributed by atoms with Gasteiger partial charge in [0.2, 0.25) is 0 Å². The highest BCUT2D eigenvalue weighted by Crippen LogP contribution is 2.44. The highest BCUT2D eigenvalue weighted by atomic mass is 16.6. The molecule has 0 aliphatic heterocycles. The SMILES string of the molecule is CC(C)(C)OC(=O)NC(Cc1ccc(NC(=O)OCC2c3ccccc3-c3ccccc32)cc1)C(=O)OCc1ccccc1. The maximum Gasteiger partial charge on any atom is 0.411 e. The molecule has 8 nitrogen and oxygen atoms in total. The van der Waals surface area contributed by atoms with Crippen LogP contribution in [0.1, 0.15) is 48.9 Å². The first kappa shape index (κ1) is 30.4. The van der Waals surface area contributed by atoms with Crippen molar-refractivity contribution in [3.8, 4) is 11.1 Å². The third kappa shape index (κ3) is 7.83. The monoisotopic (exact) mass is 592 g/mol. The maximum absolute atomic E-state index is 13.0. The van der Waals surface area contributed by atoms with E-state index in [0.29, 0.717) is 5.69 Å². The molecule has 5 rings (SSSR count). The predicted octanol–water partition coefficient (Wildman–Crippen LogP) is 7.23. The van der Waals surface area contributed by atoms with E-state index in [0.717, 1.165) is 33.4 Å². The van der Waals surface area contributed by atoms with Crippen molar-refractivity contribution in [2.75, 3.05) is 11.9 Å². The van der Waals surface area contributed by atoms with E-state index >= 15 is 0 Å². The van der Waals surface area contributed by atoms with Crippen molar-refractivity contribution in [3.05, 3.63) is 125 Å². The number of amides is 2. The number of benzene rings is 4. The first-order valence-corrected chi connectivity index (χ1v) is 14.6. The Balaban J connectivity index is 1.19. The Labute approximate surface area is 257 Å². The van der Waals surface area contributed by atoms with Crippen LogP contribution < -0.4 is 10.6 Å². The molecule has 4 aromatic carbocycles. The van der Waals surface area contributed by atoms with Crippen LogP contribution in [0.2, 0.25) is 0 Å². The van der Waals surface area contributed by atoms with Gasteiger partial charge in [0.25, 0.3) is 0 Å². The van der Waals surface area contributed by atoms with Gasteiger partial charge in [-0.25, -0.2) is 14.4 Å². The Morgan fingerprint density at radius 2 is 1.30 bits per heavy atom. The van der Waals surface area contributed by atoms with E-state index in [1.807, 2.05) is 54.6 Å². The summed E-state index contributed by atoms with van der Waals surface area (Å²) >= 11 is 0. The molecule has 2 N–H and O–H groups in total. The highest BCUT2D eigenvalue weighted by molar-refractivity contribution is 5.85. The summed E-state index contributed by atoms with van der Waals surface area (Å²) in [7, 11) is 0. The molecule has 0 aromatic heterocycles. The second-order valence-corrected chi connectivity index (χ2v) is 11.6. The van der Waals surface area contributed by atoms with Crippen molar-refractivity contribution >= 4 is 23.8 Å². The van der Waals surface area contributed by atoms with E-state index in [9.17, 15) is 14.4 Å². The third-order valence-corrected chi connectivity index (χ3v) is 7.18. The van der Waals surface area contributed by atoms with Crippen molar-refractivity contribution < 1.29 is 28.6 Å². The van der Waals surface area contributed by atoms with Crippen LogP contribution in [0.3, 0.4) is 0 Å². The Kier molecular flexibility index (Phi) is 9.29. The molecule has 8 heteroatoms. The maximum atomic E-state index is 13.0. The zero-order valence-electron chi connectivity index (χ0n) is 25.0. The Hall–Kier alpha value is -5.11. The third-order valence-electron chi connectivity index (χ3n) is 7.18. The van der Waals surface area contributed by atoms with Crippen LogP contribution in [0.25, 0.3) is 11.1 Å². The number of fused-ring (bicyclic) bond motifs is 3. The minimum Gasteiger partial charge on any atom is -0.459 e. The van der Waals surface area contributed by atoms with Gasteiger partial charge >= 0.3 is 18.2 Å². The lowest BCUT2D eigenvalue weighted by atomic mass is 9.98. The number of ether oxygens (including phenoxy) is 3. The van der Waals surface area contributed by atoms with Gasteiger partial charge in [0.15, 0.2) is 0 Å². The van der Waals surface area contributed by atoms with Crippen molar-refractivity contribution in [1.82, 2.24) is 5.32 Å². The van der Waals surface area contributed by atoms with E-state index in [4.69, 9.17) is 14.2 Å². The first-order valence-electron chi connectivity index (χ1n) is 14.6. The lowest BCUT2D eigenvalue weighted by Crippen LogP contribution is -2.45. The first-order chi connectivity index (χ1) is 21.2. The van der Waals surface area contributed by atoms with Crippen molar-refractivity contribution in [2.45, 2.75) is 51.4 Å². The minimum absolute atomic E-state index is 0.0356. The van der Waals surface area contributed by atoms with Gasteiger partial charge in [0, 0.05) is 18.0 Å². The fourth-order valence-electron chi connectivity index (χ4n) is 5.18. The lowest BCUT2D eigenvalue weighted by molar-refractivity contribution is -0.147. The van der Waals surface area contributed by atoms with E-state index in [1.54, 1.807) is 45.0 Å². The van der Waals surface area contributed by atoms with E-state index in [-0.39, 0.29) is 25.6 Å². The highest BCUT2D eigenvalue weighted by Gasteiger charge is 2.29. The summed E-state index contributed by atoms with van der Waals surface area (Å²) in [6.45, 7) is 5.53. The predicted molar refractivity (Wildman–Crippen MR) is 168 cm³/mol. The van der Waals surface area contributed by atoms with Gasteiger partial charge < -0.3 is 19.5 Å². The fourth-order valence-corrected chi connectivity index (χ4v) is 5.18. The Morgan fingerprint density at radius 1 is 0.705 bits per heavy atom. The van der Waals surface area contributed by atoms with Crippen molar-refractivity contribution in [3.63, 3.8) is 0 Å². The van der Waals surface area contributed by atoms with Crippen LogP contribution in [0.15, 0.2) is 103 Å². The summed E-state index contributed by atoms with van der Waals surface area (Å²) in [4.78, 5) is 38.2. The van der Waals surface area contributed by atoms with Crippen LogP contribution in [0.4, 0.5) is 15.3 Å². The van der Waals surface area contributed by atoms with Crippen LogP contribution in [-0.2, 0) is 32.0 Å². The molecule has 0 saturated heterocycles. The molecule has 0 fully saturated rings. The smallest absolute Gasteiger partial charge is 0.411 e. The molecule has 0 spiro atoms. The zero-order valence-corrected chi connectivity index (χ0v) is 25.0. The summed E-state index contributed by atoms with van der Waals surface area (Å²) in [5.74, 6) is -0.618. The molecule has 44 heavy (non-hydrogen) atoms. The molecule has 4 aromatic rings. The number of rotatable bonds is 9. The summed E-state index contributed by atoms with van der Waals surface area (Å²) < 4.78 is 16.5. The quantitative estimate of drug-likeness (QED) is 0.157. The number of hydrogen-bond donors (Lipinski definition) is 2.